The predicted molar refractivity (Wildman–Crippen MR) is 150 cm³/mol. The van der Waals surface area contributed by atoms with Gasteiger partial charge in [-0.1, -0.05) is 12.1 Å². The molecule has 7 heteroatoms. The molecule has 4 aromatic rings. The molecule has 6 rings (SSSR count). The standard InChI is InChI=1S/C31H32N3O3Si/c1-18-7-8-22(37-30(38)28-9-13-34(28)4)17-24(18)29(35)33-31(10-11-31)26-15-21(25-14-19(2)36-20(25)3)16-27-23(26)6-5-12-32-27/h5-8,12,14-17,28,30H,9-11,13H2,1-4H3,(H,33,35)/t28-,30-/m0/s1. The zero-order valence-corrected chi connectivity index (χ0v) is 23.3. The number of hydrogen-bond acceptors (Lipinski definition) is 5. The number of aryl methyl sites for hydroxylation is 3. The van der Waals surface area contributed by atoms with Gasteiger partial charge < -0.3 is 19.4 Å². The summed E-state index contributed by atoms with van der Waals surface area (Å²) in [6, 6.07) is 16.5. The Morgan fingerprint density at radius 2 is 2.00 bits per heavy atom. The fraction of sp³-hybridized carbons (Fsp3) is 0.355. The van der Waals surface area contributed by atoms with Crippen LogP contribution in [0, 0.1) is 20.8 Å². The van der Waals surface area contributed by atoms with Crippen molar-refractivity contribution >= 4 is 27.1 Å². The minimum atomic E-state index is -0.434. The molecule has 1 saturated heterocycles. The first-order valence-electron chi connectivity index (χ1n) is 13.2. The molecule has 1 aliphatic heterocycles. The first-order chi connectivity index (χ1) is 18.2. The lowest BCUT2D eigenvalue weighted by Crippen LogP contribution is -2.53. The fourth-order valence-corrected chi connectivity index (χ4v) is 6.14. The summed E-state index contributed by atoms with van der Waals surface area (Å²) in [5.41, 5.74) is 5.11. The molecule has 38 heavy (non-hydrogen) atoms. The van der Waals surface area contributed by atoms with Crippen LogP contribution in [-0.2, 0) is 5.54 Å². The number of nitrogens with zero attached hydrogens (tertiary/aromatic N) is 2. The van der Waals surface area contributed by atoms with Crippen molar-refractivity contribution in [1.82, 2.24) is 15.2 Å². The van der Waals surface area contributed by atoms with Crippen LogP contribution in [0.15, 0.2) is 59.1 Å². The zero-order chi connectivity index (χ0) is 26.6. The summed E-state index contributed by atoms with van der Waals surface area (Å²) >= 11 is 0. The molecular formula is C31H32N3O3Si. The second-order valence-electron chi connectivity index (χ2n) is 10.8. The van der Waals surface area contributed by atoms with Crippen molar-refractivity contribution in [2.75, 3.05) is 13.6 Å². The minimum Gasteiger partial charge on any atom is -0.493 e. The number of rotatable bonds is 7. The number of likely N-dealkylation sites (tertiary alicyclic amines) is 1. The number of benzene rings is 2. The average molecular weight is 523 g/mol. The highest BCUT2D eigenvalue weighted by atomic mass is 28.1. The van der Waals surface area contributed by atoms with Gasteiger partial charge in [0, 0.05) is 28.8 Å². The summed E-state index contributed by atoms with van der Waals surface area (Å²) in [7, 11) is 5.83. The third kappa shape index (κ3) is 4.44. The van der Waals surface area contributed by atoms with Crippen molar-refractivity contribution in [3.05, 3.63) is 82.9 Å². The van der Waals surface area contributed by atoms with Gasteiger partial charge in [-0.25, -0.2) is 0 Å². The number of fused-ring (bicyclic) bond motifs is 1. The highest BCUT2D eigenvalue weighted by molar-refractivity contribution is 6.11. The van der Waals surface area contributed by atoms with E-state index in [2.05, 4.69) is 56.8 Å². The summed E-state index contributed by atoms with van der Waals surface area (Å²) < 4.78 is 12.0. The second kappa shape index (κ2) is 9.40. The van der Waals surface area contributed by atoms with Gasteiger partial charge in [-0.05, 0) is 107 Å². The third-order valence-electron chi connectivity index (χ3n) is 8.10. The highest BCUT2D eigenvalue weighted by Gasteiger charge is 2.47. The van der Waals surface area contributed by atoms with E-state index in [4.69, 9.17) is 9.15 Å². The van der Waals surface area contributed by atoms with Crippen LogP contribution < -0.4 is 10.1 Å². The van der Waals surface area contributed by atoms with Gasteiger partial charge in [0.05, 0.1) is 27.0 Å². The molecule has 2 aliphatic rings. The Kier molecular flexibility index (Phi) is 6.15. The highest BCUT2D eigenvalue weighted by Crippen LogP contribution is 2.49. The lowest BCUT2D eigenvalue weighted by atomic mass is 9.93. The third-order valence-corrected chi connectivity index (χ3v) is 8.60. The largest absolute Gasteiger partial charge is 0.493 e. The molecule has 6 nitrogen and oxygen atoms in total. The molecule has 1 aliphatic carbocycles. The summed E-state index contributed by atoms with van der Waals surface area (Å²) in [6.45, 7) is 6.98. The van der Waals surface area contributed by atoms with Crippen LogP contribution in [-0.4, -0.2) is 51.4 Å². The van der Waals surface area contributed by atoms with E-state index in [0.717, 1.165) is 70.5 Å². The molecule has 0 bridgehead atoms. The number of aromatic nitrogens is 1. The fourth-order valence-electron chi connectivity index (χ4n) is 5.59. The van der Waals surface area contributed by atoms with Crippen LogP contribution in [0.1, 0.15) is 52.3 Å². The zero-order valence-electron chi connectivity index (χ0n) is 22.3. The molecule has 1 N–H and O–H groups in total. The molecule has 1 amide bonds. The maximum atomic E-state index is 13.7. The maximum absolute atomic E-state index is 13.7. The summed E-state index contributed by atoms with van der Waals surface area (Å²) in [5, 5.41) is 4.46. The average Bonchev–Trinajstić information content (AvgIpc) is 3.58. The number of hydrogen-bond donors (Lipinski definition) is 1. The molecule has 193 valence electrons. The molecule has 3 heterocycles. The summed E-state index contributed by atoms with van der Waals surface area (Å²) in [6.07, 6.45) is 4.66. The molecule has 3 radical (unpaired) electrons. The molecule has 2 aromatic carbocycles. The Bertz CT molecular complexity index is 1540. The molecule has 2 atom stereocenters. The normalized spacial score (nSPS) is 19.1. The van der Waals surface area contributed by atoms with Gasteiger partial charge in [-0.15, -0.1) is 0 Å². The van der Waals surface area contributed by atoms with Gasteiger partial charge in [0.1, 0.15) is 17.3 Å². The van der Waals surface area contributed by atoms with E-state index in [-0.39, 0.29) is 11.6 Å². The Balaban J connectivity index is 1.32. The molecule has 2 fully saturated rings. The van der Waals surface area contributed by atoms with Gasteiger partial charge in [-0.3, -0.25) is 9.78 Å². The number of pyridine rings is 1. The number of amides is 1. The lowest BCUT2D eigenvalue weighted by Gasteiger charge is -2.41. The first-order valence-corrected chi connectivity index (χ1v) is 13.8. The quantitative estimate of drug-likeness (QED) is 0.329. The van der Waals surface area contributed by atoms with E-state index in [1.165, 1.54) is 0 Å². The van der Waals surface area contributed by atoms with Gasteiger partial charge in [-0.2, -0.15) is 0 Å². The van der Waals surface area contributed by atoms with Crippen molar-refractivity contribution in [1.29, 1.82) is 0 Å². The van der Waals surface area contributed by atoms with Gasteiger partial charge in [0.25, 0.3) is 5.91 Å². The van der Waals surface area contributed by atoms with Crippen LogP contribution in [0.25, 0.3) is 22.0 Å². The summed E-state index contributed by atoms with van der Waals surface area (Å²) in [4.78, 5) is 20.6. The number of carbonyl (C=O) groups is 1. The number of likely N-dealkylation sites (N-methyl/N-ethyl adjacent to an activating group) is 1. The van der Waals surface area contributed by atoms with E-state index in [1.807, 2.05) is 51.2 Å². The molecule has 0 unspecified atom stereocenters. The Morgan fingerprint density at radius 1 is 1.18 bits per heavy atom. The van der Waals surface area contributed by atoms with Crippen LogP contribution in [0.3, 0.4) is 0 Å². The SMILES string of the molecule is Cc1cc(-c2cc(C3(NC(=O)c4cc(O[C@@H]([Si])[C@@H]5CCN5C)ccc4C)CC3)c3cccnc3c2)c(C)o1. The Hall–Kier alpha value is -3.42. The topological polar surface area (TPSA) is 67.6 Å². The number of nitrogens with one attached hydrogen (secondary N) is 1. The van der Waals surface area contributed by atoms with Crippen molar-refractivity contribution in [3.63, 3.8) is 0 Å². The Morgan fingerprint density at radius 3 is 2.66 bits per heavy atom. The predicted octanol–water partition coefficient (Wildman–Crippen LogP) is 5.42. The number of furan rings is 1. The molecule has 0 spiro atoms. The van der Waals surface area contributed by atoms with E-state index in [0.29, 0.717) is 17.4 Å². The second-order valence-corrected chi connectivity index (χ2v) is 11.4. The van der Waals surface area contributed by atoms with Crippen LogP contribution >= 0.6 is 0 Å². The van der Waals surface area contributed by atoms with E-state index >= 15 is 0 Å². The van der Waals surface area contributed by atoms with E-state index in [1.54, 1.807) is 0 Å². The number of carbonyl (C=O) groups excluding carboxylic acids is 1. The van der Waals surface area contributed by atoms with Crippen LogP contribution in [0.4, 0.5) is 0 Å². The lowest BCUT2D eigenvalue weighted by molar-refractivity contribution is 0.0562. The molecule has 1 saturated carbocycles. The van der Waals surface area contributed by atoms with Gasteiger partial charge in [0.2, 0.25) is 0 Å². The molecule has 2 aromatic heterocycles. The van der Waals surface area contributed by atoms with Crippen molar-refractivity contribution in [3.8, 4) is 16.9 Å². The maximum Gasteiger partial charge on any atom is 0.252 e. The van der Waals surface area contributed by atoms with Gasteiger partial charge >= 0.3 is 0 Å². The minimum absolute atomic E-state index is 0.0884. The smallest absolute Gasteiger partial charge is 0.252 e. The summed E-state index contributed by atoms with van der Waals surface area (Å²) in [5.74, 6) is 2.35. The van der Waals surface area contributed by atoms with E-state index < -0.39 is 5.54 Å². The first kappa shape index (κ1) is 24.9. The van der Waals surface area contributed by atoms with Crippen molar-refractivity contribution in [2.24, 2.45) is 0 Å². The van der Waals surface area contributed by atoms with Crippen LogP contribution in [0.2, 0.25) is 0 Å². The Labute approximate surface area is 226 Å². The van der Waals surface area contributed by atoms with Crippen molar-refractivity contribution < 1.29 is 13.9 Å². The van der Waals surface area contributed by atoms with E-state index in [9.17, 15) is 4.79 Å². The monoisotopic (exact) mass is 522 g/mol. The number of ether oxygens (including phenoxy) is 1. The van der Waals surface area contributed by atoms with Gasteiger partial charge in [0.15, 0.2) is 0 Å². The van der Waals surface area contributed by atoms with Crippen LogP contribution in [0.5, 0.6) is 5.75 Å². The van der Waals surface area contributed by atoms with Crippen molar-refractivity contribution in [2.45, 2.75) is 57.3 Å². The molecular weight excluding hydrogens is 490 g/mol.